The number of carbonyl (C=O) groups is 1. The molecule has 0 aliphatic heterocycles. The highest BCUT2D eigenvalue weighted by molar-refractivity contribution is 5.74. The van der Waals surface area contributed by atoms with Crippen molar-refractivity contribution in [1.29, 1.82) is 0 Å². The van der Waals surface area contributed by atoms with E-state index in [0.29, 0.717) is 18.8 Å². The number of carbonyl (C=O) groups excluding carboxylic acids is 1. The highest BCUT2D eigenvalue weighted by atomic mass is 16.5. The zero-order chi connectivity index (χ0) is 13.2. The maximum Gasteiger partial charge on any atom is 0.315 e. The average Bonchev–Trinajstić information content (AvgIpc) is 2.41. The van der Waals surface area contributed by atoms with Crippen LogP contribution in [0.1, 0.15) is 5.56 Å². The number of para-hydroxylation sites is 1. The molecular formula is C13H18N2O3. The van der Waals surface area contributed by atoms with Crippen molar-refractivity contribution in [3.8, 4) is 5.75 Å². The molecule has 0 aromatic heterocycles. The SMILES string of the molecule is C=CCNC(=O)NCc1ccccc1OCCO. The normalized spacial score (nSPS) is 9.61. The third kappa shape index (κ3) is 4.88. The smallest absolute Gasteiger partial charge is 0.315 e. The minimum Gasteiger partial charge on any atom is -0.491 e. The van der Waals surface area contributed by atoms with Gasteiger partial charge in [0, 0.05) is 18.7 Å². The molecule has 0 aliphatic carbocycles. The van der Waals surface area contributed by atoms with Gasteiger partial charge in [0.15, 0.2) is 0 Å². The van der Waals surface area contributed by atoms with E-state index in [0.717, 1.165) is 5.56 Å². The summed E-state index contributed by atoms with van der Waals surface area (Å²) < 4.78 is 5.36. The third-order valence-electron chi connectivity index (χ3n) is 2.17. The standard InChI is InChI=1S/C13H18N2O3/c1-2-7-14-13(17)15-10-11-5-3-4-6-12(11)18-9-8-16/h2-6,16H,1,7-10H2,(H2,14,15,17). The predicted molar refractivity (Wildman–Crippen MR) is 69.5 cm³/mol. The minimum atomic E-state index is -0.258. The van der Waals surface area contributed by atoms with Gasteiger partial charge in [-0.2, -0.15) is 0 Å². The van der Waals surface area contributed by atoms with E-state index in [4.69, 9.17) is 9.84 Å². The van der Waals surface area contributed by atoms with Crippen LogP contribution >= 0.6 is 0 Å². The molecule has 0 bridgehead atoms. The first-order valence-corrected chi connectivity index (χ1v) is 5.72. The van der Waals surface area contributed by atoms with E-state index < -0.39 is 0 Å². The molecular weight excluding hydrogens is 232 g/mol. The lowest BCUT2D eigenvalue weighted by Crippen LogP contribution is -2.35. The molecule has 1 aromatic carbocycles. The number of aliphatic hydroxyl groups excluding tert-OH is 1. The van der Waals surface area contributed by atoms with E-state index in [1.807, 2.05) is 18.2 Å². The molecule has 0 unspecified atom stereocenters. The molecule has 3 N–H and O–H groups in total. The zero-order valence-electron chi connectivity index (χ0n) is 10.2. The monoisotopic (exact) mass is 250 g/mol. The number of amides is 2. The molecule has 2 amide bonds. The lowest BCUT2D eigenvalue weighted by atomic mass is 10.2. The zero-order valence-corrected chi connectivity index (χ0v) is 10.2. The first-order chi connectivity index (χ1) is 8.77. The summed E-state index contributed by atoms with van der Waals surface area (Å²) >= 11 is 0. The topological polar surface area (TPSA) is 70.6 Å². The van der Waals surface area contributed by atoms with Crippen LogP contribution in [0.15, 0.2) is 36.9 Å². The van der Waals surface area contributed by atoms with Crippen molar-refractivity contribution in [2.45, 2.75) is 6.54 Å². The molecule has 5 heteroatoms. The van der Waals surface area contributed by atoms with Crippen LogP contribution in [-0.2, 0) is 6.54 Å². The molecule has 0 saturated carbocycles. The number of benzene rings is 1. The molecule has 0 heterocycles. The highest BCUT2D eigenvalue weighted by Gasteiger charge is 2.04. The Bertz CT molecular complexity index is 394. The van der Waals surface area contributed by atoms with Crippen molar-refractivity contribution >= 4 is 6.03 Å². The molecule has 0 radical (unpaired) electrons. The molecule has 0 spiro atoms. The van der Waals surface area contributed by atoms with Gasteiger partial charge in [0.2, 0.25) is 0 Å². The van der Waals surface area contributed by atoms with Crippen LogP contribution in [0, 0.1) is 0 Å². The van der Waals surface area contributed by atoms with E-state index >= 15 is 0 Å². The number of ether oxygens (including phenoxy) is 1. The van der Waals surface area contributed by atoms with Gasteiger partial charge < -0.3 is 20.5 Å². The number of hydrogen-bond acceptors (Lipinski definition) is 3. The maximum absolute atomic E-state index is 11.3. The average molecular weight is 250 g/mol. The number of hydrogen-bond donors (Lipinski definition) is 3. The Morgan fingerprint density at radius 1 is 1.39 bits per heavy atom. The van der Waals surface area contributed by atoms with Crippen molar-refractivity contribution in [1.82, 2.24) is 10.6 Å². The van der Waals surface area contributed by atoms with Crippen LogP contribution in [0.5, 0.6) is 5.75 Å². The summed E-state index contributed by atoms with van der Waals surface area (Å²) in [5, 5.41) is 14.0. The number of urea groups is 1. The molecule has 0 atom stereocenters. The fourth-order valence-electron chi connectivity index (χ4n) is 1.35. The number of aliphatic hydroxyl groups is 1. The second kappa shape index (κ2) is 8.14. The summed E-state index contributed by atoms with van der Waals surface area (Å²) in [5.41, 5.74) is 0.861. The van der Waals surface area contributed by atoms with E-state index in [1.54, 1.807) is 12.1 Å². The van der Waals surface area contributed by atoms with Gasteiger partial charge in [0.05, 0.1) is 6.61 Å². The van der Waals surface area contributed by atoms with E-state index in [1.165, 1.54) is 0 Å². The second-order valence-corrected chi connectivity index (χ2v) is 3.53. The summed E-state index contributed by atoms with van der Waals surface area (Å²) in [7, 11) is 0. The fraction of sp³-hybridized carbons (Fsp3) is 0.308. The Labute approximate surface area is 106 Å². The van der Waals surface area contributed by atoms with Gasteiger partial charge in [-0.05, 0) is 6.07 Å². The third-order valence-corrected chi connectivity index (χ3v) is 2.17. The van der Waals surface area contributed by atoms with Crippen LogP contribution in [0.2, 0.25) is 0 Å². The summed E-state index contributed by atoms with van der Waals surface area (Å²) in [5.74, 6) is 0.663. The van der Waals surface area contributed by atoms with Crippen molar-refractivity contribution in [2.24, 2.45) is 0 Å². The molecule has 0 saturated heterocycles. The van der Waals surface area contributed by atoms with Crippen LogP contribution in [0.3, 0.4) is 0 Å². The van der Waals surface area contributed by atoms with Gasteiger partial charge in [-0.15, -0.1) is 6.58 Å². The maximum atomic E-state index is 11.3. The Morgan fingerprint density at radius 2 is 2.17 bits per heavy atom. The Kier molecular flexibility index (Phi) is 6.35. The largest absolute Gasteiger partial charge is 0.491 e. The summed E-state index contributed by atoms with van der Waals surface area (Å²) in [6.45, 7) is 4.50. The quantitative estimate of drug-likeness (QED) is 0.633. The van der Waals surface area contributed by atoms with Gasteiger partial charge in [-0.1, -0.05) is 24.3 Å². The molecule has 5 nitrogen and oxygen atoms in total. The molecule has 1 aromatic rings. The first-order valence-electron chi connectivity index (χ1n) is 5.72. The molecule has 1 rings (SSSR count). The van der Waals surface area contributed by atoms with E-state index in [2.05, 4.69) is 17.2 Å². The predicted octanol–water partition coefficient (Wildman–Crippen LogP) is 1.04. The van der Waals surface area contributed by atoms with Gasteiger partial charge >= 0.3 is 6.03 Å². The van der Waals surface area contributed by atoms with Crippen LogP contribution < -0.4 is 15.4 Å². The summed E-state index contributed by atoms with van der Waals surface area (Å²) in [4.78, 5) is 11.3. The molecule has 0 fully saturated rings. The summed E-state index contributed by atoms with van der Waals surface area (Å²) in [6.07, 6.45) is 1.61. The van der Waals surface area contributed by atoms with Crippen LogP contribution in [0.4, 0.5) is 4.79 Å². The van der Waals surface area contributed by atoms with Crippen molar-refractivity contribution in [2.75, 3.05) is 19.8 Å². The minimum absolute atomic E-state index is 0.0401. The number of nitrogens with one attached hydrogen (secondary N) is 2. The van der Waals surface area contributed by atoms with Crippen molar-refractivity contribution in [3.63, 3.8) is 0 Å². The molecule has 18 heavy (non-hydrogen) atoms. The Morgan fingerprint density at radius 3 is 2.89 bits per heavy atom. The van der Waals surface area contributed by atoms with E-state index in [-0.39, 0.29) is 19.2 Å². The lowest BCUT2D eigenvalue weighted by Gasteiger charge is -2.11. The lowest BCUT2D eigenvalue weighted by molar-refractivity contribution is 0.200. The van der Waals surface area contributed by atoms with Gasteiger partial charge in [-0.25, -0.2) is 4.79 Å². The van der Waals surface area contributed by atoms with Gasteiger partial charge in [0.25, 0.3) is 0 Å². The number of rotatable bonds is 7. The van der Waals surface area contributed by atoms with Crippen molar-refractivity contribution < 1.29 is 14.6 Å². The first kappa shape index (κ1) is 14.1. The Hall–Kier alpha value is -2.01. The van der Waals surface area contributed by atoms with Crippen molar-refractivity contribution in [3.05, 3.63) is 42.5 Å². The Balaban J connectivity index is 2.50. The highest BCUT2D eigenvalue weighted by Crippen LogP contribution is 2.17. The second-order valence-electron chi connectivity index (χ2n) is 3.53. The van der Waals surface area contributed by atoms with Crippen LogP contribution in [-0.4, -0.2) is 30.9 Å². The van der Waals surface area contributed by atoms with Crippen LogP contribution in [0.25, 0.3) is 0 Å². The molecule has 98 valence electrons. The summed E-state index contributed by atoms with van der Waals surface area (Å²) in [6, 6.07) is 7.11. The van der Waals surface area contributed by atoms with Gasteiger partial charge in [0.1, 0.15) is 12.4 Å². The fourth-order valence-corrected chi connectivity index (χ4v) is 1.35. The van der Waals surface area contributed by atoms with Gasteiger partial charge in [-0.3, -0.25) is 0 Å². The van der Waals surface area contributed by atoms with E-state index in [9.17, 15) is 4.79 Å². The molecule has 0 aliphatic rings.